The van der Waals surface area contributed by atoms with Crippen LogP contribution in [0.4, 0.5) is 0 Å². The second kappa shape index (κ2) is 12.0. The number of hydrogen-bond acceptors (Lipinski definition) is 7. The molecule has 196 valence electrons. The molecule has 0 bridgehead atoms. The number of hydrazone groups is 1. The van der Waals surface area contributed by atoms with Crippen molar-refractivity contribution in [3.8, 4) is 28.6 Å². The smallest absolute Gasteiger partial charge is 0.250 e. The average Bonchev–Trinajstić information content (AvgIpc) is 3.36. The second-order valence-corrected chi connectivity index (χ2v) is 10.5. The molecule has 4 rings (SSSR count). The van der Waals surface area contributed by atoms with Crippen molar-refractivity contribution in [1.82, 2.24) is 20.2 Å². The lowest BCUT2D eigenvalue weighted by atomic mass is 9.87. The number of carbonyl (C=O) groups excluding carboxylic acids is 1. The summed E-state index contributed by atoms with van der Waals surface area (Å²) < 4.78 is 12.4. The summed E-state index contributed by atoms with van der Waals surface area (Å²) in [5.41, 5.74) is 6.50. The highest BCUT2D eigenvalue weighted by atomic mass is 32.2. The Bertz CT molecular complexity index is 1390. The monoisotopic (exact) mass is 529 g/mol. The molecule has 4 aromatic rings. The van der Waals surface area contributed by atoms with Crippen molar-refractivity contribution in [2.24, 2.45) is 5.10 Å². The lowest BCUT2D eigenvalue weighted by Gasteiger charge is -2.19. The number of methoxy groups -OCH3 is 2. The van der Waals surface area contributed by atoms with E-state index < -0.39 is 0 Å². The maximum atomic E-state index is 12.5. The number of thioether (sulfide) groups is 1. The first-order chi connectivity index (χ1) is 18.3. The van der Waals surface area contributed by atoms with Gasteiger partial charge >= 0.3 is 0 Å². The van der Waals surface area contributed by atoms with E-state index in [4.69, 9.17) is 9.47 Å². The molecule has 1 amide bonds. The Morgan fingerprint density at radius 1 is 0.921 bits per heavy atom. The van der Waals surface area contributed by atoms with Crippen LogP contribution in [0.15, 0.2) is 83.1 Å². The lowest BCUT2D eigenvalue weighted by molar-refractivity contribution is -0.118. The zero-order valence-corrected chi connectivity index (χ0v) is 23.0. The molecule has 1 N–H and O–H groups in total. The van der Waals surface area contributed by atoms with Crippen molar-refractivity contribution >= 4 is 23.9 Å². The number of nitrogens with zero attached hydrogens (tertiary/aromatic N) is 4. The van der Waals surface area contributed by atoms with Crippen LogP contribution in [-0.4, -0.2) is 46.9 Å². The van der Waals surface area contributed by atoms with E-state index in [-0.39, 0.29) is 17.1 Å². The summed E-state index contributed by atoms with van der Waals surface area (Å²) in [6.07, 6.45) is 1.58. The Morgan fingerprint density at radius 2 is 1.53 bits per heavy atom. The highest BCUT2D eigenvalue weighted by Crippen LogP contribution is 2.30. The first kappa shape index (κ1) is 26.9. The summed E-state index contributed by atoms with van der Waals surface area (Å²) in [5, 5.41) is 13.5. The maximum absolute atomic E-state index is 12.5. The largest absolute Gasteiger partial charge is 0.497 e. The van der Waals surface area contributed by atoms with Crippen molar-refractivity contribution in [1.29, 1.82) is 0 Å². The van der Waals surface area contributed by atoms with E-state index in [0.29, 0.717) is 11.0 Å². The molecule has 8 nitrogen and oxygen atoms in total. The summed E-state index contributed by atoms with van der Waals surface area (Å²) in [5.74, 6) is 2.07. The maximum Gasteiger partial charge on any atom is 0.250 e. The van der Waals surface area contributed by atoms with Gasteiger partial charge in [-0.15, -0.1) is 10.2 Å². The second-order valence-electron chi connectivity index (χ2n) is 9.52. The van der Waals surface area contributed by atoms with Crippen LogP contribution in [-0.2, 0) is 10.2 Å². The highest BCUT2D eigenvalue weighted by Gasteiger charge is 2.19. The minimum absolute atomic E-state index is 0.0480. The van der Waals surface area contributed by atoms with Gasteiger partial charge in [0.25, 0.3) is 5.91 Å². The standard InChI is InChI=1S/C29H31N5O3S/c1-29(2,3)22-10-8-21(9-11-22)27-32-33-28(34(27)23-12-16-25(37-5)17-13-23)38-19-26(35)31-30-18-20-6-14-24(36-4)15-7-20/h6-18H,19H2,1-5H3,(H,31,35)/b30-18+. The van der Waals surface area contributed by atoms with Gasteiger partial charge in [-0.1, -0.05) is 56.8 Å². The summed E-state index contributed by atoms with van der Waals surface area (Å²) in [4.78, 5) is 12.5. The summed E-state index contributed by atoms with van der Waals surface area (Å²) in [6.45, 7) is 6.55. The van der Waals surface area contributed by atoms with E-state index in [1.54, 1.807) is 20.4 Å². The van der Waals surface area contributed by atoms with Crippen LogP contribution in [0.1, 0.15) is 31.9 Å². The molecule has 0 aliphatic heterocycles. The Hall–Kier alpha value is -4.11. The van der Waals surface area contributed by atoms with Gasteiger partial charge in [-0.05, 0) is 65.1 Å². The van der Waals surface area contributed by atoms with Gasteiger partial charge in [0.2, 0.25) is 0 Å². The fourth-order valence-corrected chi connectivity index (χ4v) is 4.41. The van der Waals surface area contributed by atoms with Gasteiger partial charge in [0.1, 0.15) is 11.5 Å². The molecule has 0 aliphatic rings. The zero-order chi connectivity index (χ0) is 27.1. The molecule has 0 saturated carbocycles. The van der Waals surface area contributed by atoms with Crippen LogP contribution >= 0.6 is 11.8 Å². The number of rotatable bonds is 9. The summed E-state index contributed by atoms with van der Waals surface area (Å²) in [6, 6.07) is 23.4. The zero-order valence-electron chi connectivity index (χ0n) is 22.1. The fourth-order valence-electron chi connectivity index (χ4n) is 3.66. The van der Waals surface area contributed by atoms with E-state index in [2.05, 4.69) is 65.8 Å². The van der Waals surface area contributed by atoms with Gasteiger partial charge in [0, 0.05) is 11.3 Å². The van der Waals surface area contributed by atoms with E-state index in [1.165, 1.54) is 17.3 Å². The van der Waals surface area contributed by atoms with Crippen molar-refractivity contribution in [2.45, 2.75) is 31.3 Å². The van der Waals surface area contributed by atoms with Gasteiger partial charge in [0.05, 0.1) is 26.2 Å². The first-order valence-electron chi connectivity index (χ1n) is 12.1. The molecule has 3 aromatic carbocycles. The molecular weight excluding hydrogens is 498 g/mol. The van der Waals surface area contributed by atoms with E-state index >= 15 is 0 Å². The third kappa shape index (κ3) is 6.60. The molecule has 0 radical (unpaired) electrons. The molecule has 0 unspecified atom stereocenters. The number of hydrogen-bond donors (Lipinski definition) is 1. The summed E-state index contributed by atoms with van der Waals surface area (Å²) >= 11 is 1.29. The van der Waals surface area contributed by atoms with E-state index in [1.807, 2.05) is 53.1 Å². The van der Waals surface area contributed by atoms with Gasteiger partial charge in [-0.25, -0.2) is 5.43 Å². The van der Waals surface area contributed by atoms with Crippen LogP contribution in [0.25, 0.3) is 17.1 Å². The van der Waals surface area contributed by atoms with E-state index in [9.17, 15) is 4.79 Å². The van der Waals surface area contributed by atoms with Crippen LogP contribution in [0.2, 0.25) is 0 Å². The Balaban J connectivity index is 1.52. The van der Waals surface area contributed by atoms with Crippen molar-refractivity contribution in [2.75, 3.05) is 20.0 Å². The quantitative estimate of drug-likeness (QED) is 0.175. The molecular formula is C29H31N5O3S. The Morgan fingerprint density at radius 3 is 2.11 bits per heavy atom. The van der Waals surface area contributed by atoms with Crippen molar-refractivity contribution in [3.63, 3.8) is 0 Å². The molecule has 0 saturated heterocycles. The SMILES string of the molecule is COc1ccc(/C=N/NC(=O)CSc2nnc(-c3ccc(C(C)(C)C)cc3)n2-c2ccc(OC)cc2)cc1. The normalized spacial score (nSPS) is 11.5. The van der Waals surface area contributed by atoms with Gasteiger partial charge < -0.3 is 9.47 Å². The number of benzene rings is 3. The van der Waals surface area contributed by atoms with Gasteiger partial charge in [-0.2, -0.15) is 5.10 Å². The van der Waals surface area contributed by atoms with Gasteiger partial charge in [-0.3, -0.25) is 9.36 Å². The van der Waals surface area contributed by atoms with Gasteiger partial charge in [0.15, 0.2) is 11.0 Å². The third-order valence-electron chi connectivity index (χ3n) is 5.82. The lowest BCUT2D eigenvalue weighted by Crippen LogP contribution is -2.20. The fraction of sp³-hybridized carbons (Fsp3) is 0.241. The Labute approximate surface area is 227 Å². The minimum Gasteiger partial charge on any atom is -0.497 e. The number of amides is 1. The number of aromatic nitrogens is 3. The molecule has 0 spiro atoms. The molecule has 0 atom stereocenters. The number of ether oxygens (including phenoxy) is 2. The molecule has 9 heteroatoms. The van der Waals surface area contributed by atoms with Crippen LogP contribution < -0.4 is 14.9 Å². The predicted molar refractivity (Wildman–Crippen MR) is 152 cm³/mol. The van der Waals surface area contributed by atoms with Crippen LogP contribution in [0.3, 0.4) is 0 Å². The predicted octanol–water partition coefficient (Wildman–Crippen LogP) is 5.49. The highest BCUT2D eigenvalue weighted by molar-refractivity contribution is 7.99. The summed E-state index contributed by atoms with van der Waals surface area (Å²) in [7, 11) is 3.25. The third-order valence-corrected chi connectivity index (χ3v) is 6.75. The van der Waals surface area contributed by atoms with E-state index in [0.717, 1.165) is 28.3 Å². The first-order valence-corrected chi connectivity index (χ1v) is 13.1. The van der Waals surface area contributed by atoms with Crippen molar-refractivity contribution in [3.05, 3.63) is 83.9 Å². The molecule has 0 aliphatic carbocycles. The Kier molecular flexibility index (Phi) is 8.48. The molecule has 1 aromatic heterocycles. The topological polar surface area (TPSA) is 90.6 Å². The minimum atomic E-state index is -0.250. The molecule has 1 heterocycles. The average molecular weight is 530 g/mol. The molecule has 38 heavy (non-hydrogen) atoms. The van der Waals surface area contributed by atoms with Crippen LogP contribution in [0.5, 0.6) is 11.5 Å². The van der Waals surface area contributed by atoms with Crippen LogP contribution in [0, 0.1) is 0 Å². The number of nitrogens with one attached hydrogen (secondary N) is 1. The van der Waals surface area contributed by atoms with Crippen molar-refractivity contribution < 1.29 is 14.3 Å². The molecule has 0 fully saturated rings. The number of carbonyl (C=O) groups is 1.